The molecule has 0 aliphatic heterocycles. The van der Waals surface area contributed by atoms with E-state index < -0.39 is 0 Å². The van der Waals surface area contributed by atoms with Crippen molar-refractivity contribution in [2.75, 3.05) is 13.2 Å². The number of aliphatic hydroxyl groups excluding tert-OH is 1. The van der Waals surface area contributed by atoms with Gasteiger partial charge in [-0.3, -0.25) is 0 Å². The summed E-state index contributed by atoms with van der Waals surface area (Å²) in [6.07, 6.45) is 1.71. The third-order valence-electron chi connectivity index (χ3n) is 2.89. The molecule has 0 amide bonds. The van der Waals surface area contributed by atoms with E-state index >= 15 is 0 Å². The van der Waals surface area contributed by atoms with Crippen LogP contribution in [0.5, 0.6) is 0 Å². The number of halogens is 1. The number of aliphatic hydroxyl groups is 1. The highest BCUT2D eigenvalue weighted by Gasteiger charge is 2.14. The third-order valence-corrected chi connectivity index (χ3v) is 3.13. The first kappa shape index (κ1) is 14.5. The van der Waals surface area contributed by atoms with Crippen LogP contribution in [0.15, 0.2) is 24.3 Å². The Morgan fingerprint density at radius 1 is 1.47 bits per heavy atom. The highest BCUT2D eigenvalue weighted by atomic mass is 35.5. The maximum Gasteiger partial charge on any atom is 0.0447 e. The zero-order valence-corrected chi connectivity index (χ0v) is 11.0. The molecule has 0 aliphatic rings. The third kappa shape index (κ3) is 4.64. The molecule has 96 valence electrons. The van der Waals surface area contributed by atoms with Crippen molar-refractivity contribution in [3.05, 3.63) is 34.9 Å². The van der Waals surface area contributed by atoms with Gasteiger partial charge in [-0.15, -0.1) is 0 Å². The quantitative estimate of drug-likeness (QED) is 0.700. The van der Waals surface area contributed by atoms with Crippen LogP contribution >= 0.6 is 11.6 Å². The summed E-state index contributed by atoms with van der Waals surface area (Å²) >= 11 is 5.97. The van der Waals surface area contributed by atoms with E-state index in [2.05, 4.69) is 12.2 Å². The first-order valence-corrected chi connectivity index (χ1v) is 6.41. The summed E-state index contributed by atoms with van der Waals surface area (Å²) in [7, 11) is 0. The molecule has 0 aliphatic carbocycles. The van der Waals surface area contributed by atoms with E-state index in [-0.39, 0.29) is 18.7 Å². The summed E-state index contributed by atoms with van der Waals surface area (Å²) in [5.74, 6) is 0. The molecule has 3 nitrogen and oxygen atoms in total. The van der Waals surface area contributed by atoms with Gasteiger partial charge in [-0.2, -0.15) is 0 Å². The lowest BCUT2D eigenvalue weighted by Gasteiger charge is -2.24. The normalized spacial score (nSPS) is 14.6. The average molecular weight is 257 g/mol. The monoisotopic (exact) mass is 256 g/mol. The number of hydrogen-bond acceptors (Lipinski definition) is 3. The SMILES string of the molecule is CCC(CCO)NC(CN)c1cccc(Cl)c1. The van der Waals surface area contributed by atoms with Crippen LogP contribution in [-0.2, 0) is 0 Å². The summed E-state index contributed by atoms with van der Waals surface area (Å²) in [6, 6.07) is 8.09. The maximum absolute atomic E-state index is 8.98. The Balaban J connectivity index is 2.70. The lowest BCUT2D eigenvalue weighted by molar-refractivity contribution is 0.256. The molecule has 1 aromatic carbocycles. The average Bonchev–Trinajstić information content (AvgIpc) is 2.34. The second-order valence-corrected chi connectivity index (χ2v) is 4.56. The van der Waals surface area contributed by atoms with Gasteiger partial charge in [0.2, 0.25) is 0 Å². The minimum Gasteiger partial charge on any atom is -0.396 e. The van der Waals surface area contributed by atoms with Crippen molar-refractivity contribution in [2.24, 2.45) is 5.73 Å². The van der Waals surface area contributed by atoms with Crippen molar-refractivity contribution in [3.63, 3.8) is 0 Å². The van der Waals surface area contributed by atoms with E-state index in [4.69, 9.17) is 22.4 Å². The lowest BCUT2D eigenvalue weighted by atomic mass is 10.0. The van der Waals surface area contributed by atoms with Gasteiger partial charge in [0.25, 0.3) is 0 Å². The summed E-state index contributed by atoms with van der Waals surface area (Å²) in [6.45, 7) is 2.81. The highest BCUT2D eigenvalue weighted by molar-refractivity contribution is 6.30. The summed E-state index contributed by atoms with van der Waals surface area (Å²) in [4.78, 5) is 0. The van der Waals surface area contributed by atoms with Gasteiger partial charge in [0, 0.05) is 30.3 Å². The molecule has 1 aromatic rings. The first-order valence-electron chi connectivity index (χ1n) is 6.03. The van der Waals surface area contributed by atoms with Crippen molar-refractivity contribution < 1.29 is 5.11 Å². The molecule has 0 heterocycles. The van der Waals surface area contributed by atoms with E-state index in [1.165, 1.54) is 0 Å². The second kappa shape index (κ2) is 7.67. The standard InChI is InChI=1S/C13H21ClN2O/c1-2-12(6-7-17)16-13(9-15)10-4-3-5-11(14)8-10/h3-5,8,12-13,16-17H,2,6-7,9,15H2,1H3. The van der Waals surface area contributed by atoms with E-state index in [9.17, 15) is 0 Å². The van der Waals surface area contributed by atoms with Gasteiger partial charge < -0.3 is 16.2 Å². The minimum absolute atomic E-state index is 0.0881. The largest absolute Gasteiger partial charge is 0.396 e. The van der Waals surface area contributed by atoms with E-state index in [0.717, 1.165) is 23.4 Å². The molecule has 0 saturated carbocycles. The Morgan fingerprint density at radius 3 is 2.76 bits per heavy atom. The predicted molar refractivity (Wildman–Crippen MR) is 72.2 cm³/mol. The molecule has 1 rings (SSSR count). The predicted octanol–water partition coefficient (Wildman–Crippen LogP) is 2.09. The summed E-state index contributed by atoms with van der Waals surface area (Å²) in [5.41, 5.74) is 6.88. The van der Waals surface area contributed by atoms with Crippen LogP contribution in [-0.4, -0.2) is 24.3 Å². The van der Waals surface area contributed by atoms with Crippen LogP contribution in [0.1, 0.15) is 31.4 Å². The van der Waals surface area contributed by atoms with Crippen LogP contribution in [0.2, 0.25) is 5.02 Å². The van der Waals surface area contributed by atoms with Crippen LogP contribution < -0.4 is 11.1 Å². The fraction of sp³-hybridized carbons (Fsp3) is 0.538. The zero-order valence-electron chi connectivity index (χ0n) is 10.2. The number of benzene rings is 1. The van der Waals surface area contributed by atoms with Gasteiger partial charge in [0.15, 0.2) is 0 Å². The molecule has 0 saturated heterocycles. The maximum atomic E-state index is 8.98. The fourth-order valence-electron chi connectivity index (χ4n) is 1.87. The van der Waals surface area contributed by atoms with Crippen LogP contribution in [0, 0.1) is 0 Å². The molecule has 0 radical (unpaired) electrons. The molecule has 17 heavy (non-hydrogen) atoms. The van der Waals surface area contributed by atoms with Crippen molar-refractivity contribution in [2.45, 2.75) is 31.8 Å². The molecule has 4 N–H and O–H groups in total. The van der Waals surface area contributed by atoms with Gasteiger partial charge in [-0.1, -0.05) is 30.7 Å². The smallest absolute Gasteiger partial charge is 0.0447 e. The van der Waals surface area contributed by atoms with Gasteiger partial charge in [0.05, 0.1) is 0 Å². The van der Waals surface area contributed by atoms with Crippen molar-refractivity contribution in [1.82, 2.24) is 5.32 Å². The zero-order chi connectivity index (χ0) is 12.7. The van der Waals surface area contributed by atoms with Crippen molar-refractivity contribution >= 4 is 11.6 Å². The molecule has 2 atom stereocenters. The molecule has 2 unspecified atom stereocenters. The van der Waals surface area contributed by atoms with Gasteiger partial charge >= 0.3 is 0 Å². The van der Waals surface area contributed by atoms with Gasteiger partial charge in [0.1, 0.15) is 0 Å². The van der Waals surface area contributed by atoms with Crippen LogP contribution in [0.25, 0.3) is 0 Å². The Kier molecular flexibility index (Phi) is 6.52. The molecular weight excluding hydrogens is 236 g/mol. The molecule has 0 spiro atoms. The number of hydrogen-bond donors (Lipinski definition) is 3. The first-order chi connectivity index (χ1) is 8.21. The fourth-order valence-corrected chi connectivity index (χ4v) is 2.07. The number of rotatable bonds is 7. The Morgan fingerprint density at radius 2 is 2.24 bits per heavy atom. The van der Waals surface area contributed by atoms with Crippen molar-refractivity contribution in [1.29, 1.82) is 0 Å². The van der Waals surface area contributed by atoms with Gasteiger partial charge in [-0.25, -0.2) is 0 Å². The van der Waals surface area contributed by atoms with E-state index in [1.54, 1.807) is 0 Å². The second-order valence-electron chi connectivity index (χ2n) is 4.13. The Hall–Kier alpha value is -0.610. The molecule has 0 bridgehead atoms. The van der Waals surface area contributed by atoms with Crippen LogP contribution in [0.3, 0.4) is 0 Å². The number of nitrogens with two attached hydrogens (primary N) is 1. The molecule has 0 aromatic heterocycles. The van der Waals surface area contributed by atoms with E-state index in [0.29, 0.717) is 6.54 Å². The molecule has 0 fully saturated rings. The Labute approximate surface area is 108 Å². The topological polar surface area (TPSA) is 58.3 Å². The molecular formula is C13H21ClN2O. The Bertz CT molecular complexity index is 333. The van der Waals surface area contributed by atoms with Crippen LogP contribution in [0.4, 0.5) is 0 Å². The summed E-state index contributed by atoms with van der Waals surface area (Å²) in [5, 5.41) is 13.2. The molecule has 4 heteroatoms. The van der Waals surface area contributed by atoms with Crippen molar-refractivity contribution in [3.8, 4) is 0 Å². The lowest BCUT2D eigenvalue weighted by Crippen LogP contribution is -2.37. The van der Waals surface area contributed by atoms with E-state index in [1.807, 2.05) is 24.3 Å². The number of nitrogens with one attached hydrogen (secondary N) is 1. The summed E-state index contributed by atoms with van der Waals surface area (Å²) < 4.78 is 0. The minimum atomic E-state index is 0.0881. The highest BCUT2D eigenvalue weighted by Crippen LogP contribution is 2.18. The van der Waals surface area contributed by atoms with Gasteiger partial charge in [-0.05, 0) is 30.5 Å².